The van der Waals surface area contributed by atoms with Crippen molar-refractivity contribution in [3.8, 4) is 0 Å². The zero-order valence-electron chi connectivity index (χ0n) is 15.7. The van der Waals surface area contributed by atoms with Crippen LogP contribution in [-0.2, 0) is 10.0 Å². The molecule has 0 radical (unpaired) electrons. The number of hydrogen-bond donors (Lipinski definition) is 0. The van der Waals surface area contributed by atoms with Gasteiger partial charge >= 0.3 is 0 Å². The summed E-state index contributed by atoms with van der Waals surface area (Å²) >= 11 is 0. The van der Waals surface area contributed by atoms with Crippen molar-refractivity contribution in [1.29, 1.82) is 0 Å². The summed E-state index contributed by atoms with van der Waals surface area (Å²) in [7, 11) is -3.59. The van der Waals surface area contributed by atoms with Gasteiger partial charge in [0.15, 0.2) is 0 Å². The van der Waals surface area contributed by atoms with Crippen molar-refractivity contribution < 1.29 is 13.4 Å². The van der Waals surface area contributed by atoms with Gasteiger partial charge in [0.25, 0.3) is 15.8 Å². The van der Waals surface area contributed by atoms with Crippen molar-refractivity contribution in [2.75, 3.05) is 28.8 Å². The van der Waals surface area contributed by atoms with Crippen LogP contribution in [0.4, 0.5) is 11.5 Å². The maximum atomic E-state index is 13.0. The highest BCUT2D eigenvalue weighted by atomic mass is 32.2. The Bertz CT molecular complexity index is 812. The number of anilines is 2. The van der Waals surface area contributed by atoms with Crippen LogP contribution in [0.15, 0.2) is 53.6 Å². The van der Waals surface area contributed by atoms with Gasteiger partial charge in [-0.15, -0.1) is 0 Å². The van der Waals surface area contributed by atoms with Crippen LogP contribution in [0.2, 0.25) is 0 Å². The number of sulfonamides is 1. The lowest BCUT2D eigenvalue weighted by Crippen LogP contribution is -2.41. The summed E-state index contributed by atoms with van der Waals surface area (Å²) in [5, 5.41) is 0. The molecule has 0 saturated carbocycles. The van der Waals surface area contributed by atoms with Crippen LogP contribution in [-0.4, -0.2) is 28.1 Å². The van der Waals surface area contributed by atoms with E-state index in [4.69, 9.17) is 0 Å². The van der Waals surface area contributed by atoms with Gasteiger partial charge in [-0.05, 0) is 43.4 Å². The minimum absolute atomic E-state index is 0.282. The zero-order valence-corrected chi connectivity index (χ0v) is 16.5. The van der Waals surface area contributed by atoms with Gasteiger partial charge in [-0.25, -0.2) is 13.4 Å². The van der Waals surface area contributed by atoms with E-state index in [1.165, 1.54) is 10.7 Å². The molecule has 0 amide bonds. The lowest BCUT2D eigenvalue weighted by molar-refractivity contribution is -0.367. The number of H-pyrrole nitrogens is 1. The van der Waals surface area contributed by atoms with Crippen LogP contribution in [0.5, 0.6) is 0 Å². The topological polar surface area (TPSA) is 54.8 Å². The molecule has 26 heavy (non-hydrogen) atoms. The Labute approximate surface area is 156 Å². The summed E-state index contributed by atoms with van der Waals surface area (Å²) in [6, 6.07) is 12.8. The standard InChI is InChI=1S/C20H27N3O2S/c1-4-23(18-8-6-5-7-9-18)26(24,25)19-10-11-20(21-13-19)22-14-16(2)12-17(3)15-22/h5-11,13,16-17H,4,12,14-15H2,1-3H3/p+1/t16-,17-/m0/s1. The van der Waals surface area contributed by atoms with E-state index in [9.17, 15) is 8.42 Å². The second-order valence-corrected chi connectivity index (χ2v) is 9.13. The molecule has 0 unspecified atom stereocenters. The third-order valence-electron chi connectivity index (χ3n) is 4.90. The number of rotatable bonds is 5. The number of benzene rings is 1. The molecule has 0 aliphatic carbocycles. The third-order valence-corrected chi connectivity index (χ3v) is 6.80. The van der Waals surface area contributed by atoms with E-state index >= 15 is 0 Å². The summed E-state index contributed by atoms with van der Waals surface area (Å²) in [5.74, 6) is 2.26. The smallest absolute Gasteiger partial charge is 0.267 e. The van der Waals surface area contributed by atoms with Gasteiger partial charge in [-0.3, -0.25) is 9.21 Å². The Balaban J connectivity index is 1.85. The van der Waals surface area contributed by atoms with Crippen molar-refractivity contribution in [1.82, 2.24) is 0 Å². The summed E-state index contributed by atoms with van der Waals surface area (Å²) in [4.78, 5) is 5.80. The Morgan fingerprint density at radius 2 is 1.73 bits per heavy atom. The van der Waals surface area contributed by atoms with Crippen molar-refractivity contribution in [2.45, 2.75) is 32.1 Å². The van der Waals surface area contributed by atoms with E-state index in [0.717, 1.165) is 18.9 Å². The Morgan fingerprint density at radius 3 is 2.27 bits per heavy atom. The number of nitrogens with zero attached hydrogens (tertiary/aromatic N) is 2. The fourth-order valence-corrected chi connectivity index (χ4v) is 5.27. The quantitative estimate of drug-likeness (QED) is 0.808. The number of aromatic nitrogens is 1. The highest BCUT2D eigenvalue weighted by molar-refractivity contribution is 7.92. The molecule has 1 aliphatic heterocycles. The Morgan fingerprint density at radius 1 is 1.08 bits per heavy atom. The zero-order chi connectivity index (χ0) is 18.7. The molecule has 1 N–H and O–H groups in total. The lowest BCUT2D eigenvalue weighted by Gasteiger charge is -2.30. The first-order valence-corrected chi connectivity index (χ1v) is 10.7. The molecule has 2 atom stereocenters. The van der Waals surface area contributed by atoms with Crippen molar-refractivity contribution in [2.24, 2.45) is 11.8 Å². The van der Waals surface area contributed by atoms with Gasteiger partial charge in [-0.2, -0.15) is 0 Å². The SMILES string of the molecule is CCN(c1ccccc1)S(=O)(=O)c1ccc(N2C[C@@H](C)C[C@H](C)C2)[nH+]c1. The molecule has 2 heterocycles. The number of nitrogens with one attached hydrogen (secondary N) is 1. The second-order valence-electron chi connectivity index (χ2n) is 7.27. The summed E-state index contributed by atoms with van der Waals surface area (Å²) in [5.41, 5.74) is 0.678. The maximum Gasteiger partial charge on any atom is 0.274 e. The van der Waals surface area contributed by atoms with E-state index in [1.807, 2.05) is 43.3 Å². The highest BCUT2D eigenvalue weighted by Crippen LogP contribution is 2.26. The van der Waals surface area contributed by atoms with E-state index < -0.39 is 10.0 Å². The average Bonchev–Trinajstić information content (AvgIpc) is 2.62. The van der Waals surface area contributed by atoms with Crippen molar-refractivity contribution in [3.63, 3.8) is 0 Å². The number of hydrogen-bond acceptors (Lipinski definition) is 3. The van der Waals surface area contributed by atoms with Gasteiger partial charge in [0, 0.05) is 12.6 Å². The number of pyridine rings is 1. The minimum atomic E-state index is -3.59. The second kappa shape index (κ2) is 7.66. The molecule has 3 rings (SSSR count). The predicted molar refractivity (Wildman–Crippen MR) is 105 cm³/mol. The van der Waals surface area contributed by atoms with Crippen LogP contribution in [0, 0.1) is 11.8 Å². The van der Waals surface area contributed by atoms with E-state index in [-0.39, 0.29) is 4.90 Å². The highest BCUT2D eigenvalue weighted by Gasteiger charge is 2.29. The molecule has 0 spiro atoms. The summed E-state index contributed by atoms with van der Waals surface area (Å²) < 4.78 is 27.5. The Hall–Kier alpha value is -2.08. The van der Waals surface area contributed by atoms with Crippen LogP contribution in [0.1, 0.15) is 27.2 Å². The molecular weight excluding hydrogens is 346 g/mol. The van der Waals surface area contributed by atoms with Gasteiger partial charge in [0.1, 0.15) is 11.1 Å². The van der Waals surface area contributed by atoms with E-state index in [1.54, 1.807) is 12.3 Å². The predicted octanol–water partition coefficient (Wildman–Crippen LogP) is 3.20. The van der Waals surface area contributed by atoms with Crippen LogP contribution in [0.25, 0.3) is 0 Å². The molecule has 1 aromatic carbocycles. The molecule has 140 valence electrons. The monoisotopic (exact) mass is 374 g/mol. The molecule has 1 saturated heterocycles. The fraction of sp³-hybridized carbons (Fsp3) is 0.450. The number of piperidine rings is 1. The normalized spacial score (nSPS) is 20.8. The first kappa shape index (κ1) is 18.7. The van der Waals surface area contributed by atoms with Crippen molar-refractivity contribution in [3.05, 3.63) is 48.7 Å². The van der Waals surface area contributed by atoms with Crippen LogP contribution < -0.4 is 14.2 Å². The molecule has 5 nitrogen and oxygen atoms in total. The van der Waals surface area contributed by atoms with Gasteiger partial charge in [0.2, 0.25) is 0 Å². The number of aromatic amines is 1. The third kappa shape index (κ3) is 3.85. The molecule has 1 aromatic heterocycles. The van der Waals surface area contributed by atoms with Crippen LogP contribution in [0.3, 0.4) is 0 Å². The molecule has 1 fully saturated rings. The summed E-state index contributed by atoms with van der Waals surface area (Å²) in [6.07, 6.45) is 2.85. The Kier molecular flexibility index (Phi) is 5.51. The lowest BCUT2D eigenvalue weighted by atomic mass is 9.92. The maximum absolute atomic E-state index is 13.0. The van der Waals surface area contributed by atoms with Crippen molar-refractivity contribution >= 4 is 21.5 Å². The van der Waals surface area contributed by atoms with Gasteiger partial charge in [0.05, 0.1) is 18.8 Å². The van der Waals surface area contributed by atoms with Gasteiger partial charge in [-0.1, -0.05) is 32.0 Å². The molecule has 1 aliphatic rings. The summed E-state index contributed by atoms with van der Waals surface area (Å²) in [6.45, 7) is 8.76. The molecule has 0 bridgehead atoms. The average molecular weight is 375 g/mol. The molecule has 6 heteroatoms. The van der Waals surface area contributed by atoms with E-state index in [0.29, 0.717) is 24.1 Å². The first-order chi connectivity index (χ1) is 12.4. The first-order valence-electron chi connectivity index (χ1n) is 9.26. The fourth-order valence-electron chi connectivity index (χ4n) is 3.83. The van der Waals surface area contributed by atoms with Gasteiger partial charge < -0.3 is 0 Å². The largest absolute Gasteiger partial charge is 0.274 e. The minimum Gasteiger partial charge on any atom is -0.267 e. The molecule has 2 aromatic rings. The van der Waals surface area contributed by atoms with Crippen LogP contribution >= 0.6 is 0 Å². The number of para-hydroxylation sites is 1. The van der Waals surface area contributed by atoms with E-state index in [2.05, 4.69) is 23.7 Å². The molecular formula is C20H28N3O2S+.